The normalized spacial score (nSPS) is 12.8. The summed E-state index contributed by atoms with van der Waals surface area (Å²) in [6.07, 6.45) is 11.2. The molecule has 0 spiro atoms. The van der Waals surface area contributed by atoms with Gasteiger partial charge >= 0.3 is 0 Å². The van der Waals surface area contributed by atoms with E-state index in [1.54, 1.807) is 6.20 Å². The molecule has 1 unspecified atom stereocenters. The van der Waals surface area contributed by atoms with Crippen LogP contribution in [0.1, 0.15) is 77.0 Å². The largest absolute Gasteiger partial charge is 0.387 e. The van der Waals surface area contributed by atoms with Crippen molar-refractivity contribution in [1.82, 2.24) is 9.78 Å². The topological polar surface area (TPSA) is 38.1 Å². The summed E-state index contributed by atoms with van der Waals surface area (Å²) in [7, 11) is 0. The molecule has 0 aliphatic carbocycles. The Morgan fingerprint density at radius 2 is 1.79 bits per heavy atom. The van der Waals surface area contributed by atoms with E-state index in [-0.39, 0.29) is 0 Å². The third-order valence-corrected chi connectivity index (χ3v) is 4.14. The molecule has 0 bridgehead atoms. The summed E-state index contributed by atoms with van der Waals surface area (Å²) < 4.78 is 2.79. The molecule has 0 fully saturated rings. The SMILES string of the molecule is CCCCCCCCCC(O)c1c(Br)cnn1CC. The van der Waals surface area contributed by atoms with Gasteiger partial charge in [-0.15, -0.1) is 0 Å². The lowest BCUT2D eigenvalue weighted by Crippen LogP contribution is -2.08. The van der Waals surface area contributed by atoms with Gasteiger partial charge in [-0.25, -0.2) is 0 Å². The summed E-state index contributed by atoms with van der Waals surface area (Å²) in [5.74, 6) is 0. The molecule has 1 aromatic heterocycles. The number of halogens is 1. The second kappa shape index (κ2) is 9.54. The molecule has 4 heteroatoms. The Labute approximate surface area is 125 Å². The average Bonchev–Trinajstić information content (AvgIpc) is 2.78. The molecule has 0 aromatic carbocycles. The first kappa shape index (κ1) is 16.7. The smallest absolute Gasteiger partial charge is 0.0968 e. The number of aromatic nitrogens is 2. The Morgan fingerprint density at radius 1 is 1.16 bits per heavy atom. The van der Waals surface area contributed by atoms with Crippen LogP contribution in [0.3, 0.4) is 0 Å². The molecule has 1 heterocycles. The van der Waals surface area contributed by atoms with Crippen LogP contribution in [0.2, 0.25) is 0 Å². The number of aliphatic hydroxyl groups is 1. The molecule has 3 nitrogen and oxygen atoms in total. The highest BCUT2D eigenvalue weighted by Crippen LogP contribution is 2.27. The number of hydrogen-bond donors (Lipinski definition) is 1. The van der Waals surface area contributed by atoms with Crippen LogP contribution in [0.4, 0.5) is 0 Å². The van der Waals surface area contributed by atoms with Gasteiger partial charge in [0.15, 0.2) is 0 Å². The number of aliphatic hydroxyl groups excluding tert-OH is 1. The number of rotatable bonds is 10. The van der Waals surface area contributed by atoms with E-state index < -0.39 is 6.10 Å². The first-order valence-electron chi connectivity index (χ1n) is 7.60. The predicted octanol–water partition coefficient (Wildman–Crippen LogP) is 4.84. The van der Waals surface area contributed by atoms with Gasteiger partial charge in [-0.05, 0) is 29.3 Å². The number of aryl methyl sites for hydroxylation is 1. The van der Waals surface area contributed by atoms with Gasteiger partial charge in [-0.1, -0.05) is 51.9 Å². The van der Waals surface area contributed by atoms with Crippen LogP contribution in [0.15, 0.2) is 10.7 Å². The summed E-state index contributed by atoms with van der Waals surface area (Å²) >= 11 is 3.47. The lowest BCUT2D eigenvalue weighted by Gasteiger charge is -2.13. The Morgan fingerprint density at radius 3 is 2.42 bits per heavy atom. The molecule has 0 amide bonds. The monoisotopic (exact) mass is 330 g/mol. The van der Waals surface area contributed by atoms with Crippen molar-refractivity contribution in [2.24, 2.45) is 0 Å². The third-order valence-electron chi connectivity index (χ3n) is 3.53. The second-order valence-electron chi connectivity index (χ2n) is 5.12. The van der Waals surface area contributed by atoms with Crippen LogP contribution >= 0.6 is 15.9 Å². The molecular formula is C15H27BrN2O. The minimum Gasteiger partial charge on any atom is -0.387 e. The molecule has 1 atom stereocenters. The van der Waals surface area contributed by atoms with Crippen molar-refractivity contribution in [3.05, 3.63) is 16.4 Å². The van der Waals surface area contributed by atoms with Crippen LogP contribution in [0.5, 0.6) is 0 Å². The molecule has 1 rings (SSSR count). The second-order valence-corrected chi connectivity index (χ2v) is 5.97. The average molecular weight is 331 g/mol. The fourth-order valence-corrected chi connectivity index (χ4v) is 2.95. The molecule has 110 valence electrons. The number of unbranched alkanes of at least 4 members (excludes halogenated alkanes) is 6. The highest BCUT2D eigenvalue weighted by Gasteiger charge is 2.16. The van der Waals surface area contributed by atoms with Crippen LogP contribution in [0, 0.1) is 0 Å². The van der Waals surface area contributed by atoms with Crippen molar-refractivity contribution in [3.63, 3.8) is 0 Å². The molecule has 0 aliphatic rings. The third kappa shape index (κ3) is 5.65. The van der Waals surface area contributed by atoms with E-state index in [2.05, 4.69) is 28.0 Å². The van der Waals surface area contributed by atoms with E-state index >= 15 is 0 Å². The van der Waals surface area contributed by atoms with Crippen molar-refractivity contribution in [1.29, 1.82) is 0 Å². The summed E-state index contributed by atoms with van der Waals surface area (Å²) in [6, 6.07) is 0. The highest BCUT2D eigenvalue weighted by atomic mass is 79.9. The van der Waals surface area contributed by atoms with Crippen molar-refractivity contribution in [2.75, 3.05) is 0 Å². The minimum atomic E-state index is -0.396. The van der Waals surface area contributed by atoms with Gasteiger partial charge in [-0.2, -0.15) is 5.10 Å². The van der Waals surface area contributed by atoms with Gasteiger partial charge in [0.25, 0.3) is 0 Å². The molecule has 1 aromatic rings. The number of nitrogens with zero attached hydrogens (tertiary/aromatic N) is 2. The Balaban J connectivity index is 2.23. The molecule has 1 N–H and O–H groups in total. The first-order chi connectivity index (χ1) is 9.20. The Hall–Kier alpha value is -0.350. The summed E-state index contributed by atoms with van der Waals surface area (Å²) in [6.45, 7) is 5.09. The van der Waals surface area contributed by atoms with Gasteiger partial charge in [0.2, 0.25) is 0 Å². The summed E-state index contributed by atoms with van der Waals surface area (Å²) in [5, 5.41) is 14.5. The van der Waals surface area contributed by atoms with E-state index in [0.717, 1.165) is 29.6 Å². The highest BCUT2D eigenvalue weighted by molar-refractivity contribution is 9.10. The zero-order valence-electron chi connectivity index (χ0n) is 12.2. The van der Waals surface area contributed by atoms with Crippen LogP contribution < -0.4 is 0 Å². The Bertz CT molecular complexity index is 352. The number of hydrogen-bond acceptors (Lipinski definition) is 2. The maximum absolute atomic E-state index is 10.3. The van der Waals surface area contributed by atoms with E-state index in [0.29, 0.717) is 0 Å². The van der Waals surface area contributed by atoms with Crippen molar-refractivity contribution >= 4 is 15.9 Å². The van der Waals surface area contributed by atoms with Crippen LogP contribution in [-0.4, -0.2) is 14.9 Å². The van der Waals surface area contributed by atoms with Gasteiger partial charge in [-0.3, -0.25) is 4.68 Å². The van der Waals surface area contributed by atoms with Crippen molar-refractivity contribution in [2.45, 2.75) is 77.9 Å². The van der Waals surface area contributed by atoms with Crippen LogP contribution in [-0.2, 0) is 6.54 Å². The molecular weight excluding hydrogens is 304 g/mol. The van der Waals surface area contributed by atoms with Gasteiger partial charge in [0.1, 0.15) is 0 Å². The van der Waals surface area contributed by atoms with Gasteiger partial charge in [0.05, 0.1) is 22.5 Å². The standard InChI is InChI=1S/C15H27BrN2O/c1-3-5-6-7-8-9-10-11-14(19)15-13(16)12-17-18(15)4-2/h12,14,19H,3-11H2,1-2H3. The van der Waals surface area contributed by atoms with Crippen molar-refractivity contribution in [3.8, 4) is 0 Å². The molecule has 0 saturated carbocycles. The first-order valence-corrected chi connectivity index (χ1v) is 8.39. The quantitative estimate of drug-likeness (QED) is 0.623. The van der Waals surface area contributed by atoms with Gasteiger partial charge < -0.3 is 5.11 Å². The van der Waals surface area contributed by atoms with E-state index in [9.17, 15) is 5.11 Å². The van der Waals surface area contributed by atoms with E-state index in [1.165, 1.54) is 38.5 Å². The van der Waals surface area contributed by atoms with Crippen molar-refractivity contribution < 1.29 is 5.11 Å². The molecule has 0 radical (unpaired) electrons. The minimum absolute atomic E-state index is 0.396. The van der Waals surface area contributed by atoms with E-state index in [4.69, 9.17) is 0 Å². The van der Waals surface area contributed by atoms with Crippen LogP contribution in [0.25, 0.3) is 0 Å². The summed E-state index contributed by atoms with van der Waals surface area (Å²) in [4.78, 5) is 0. The fraction of sp³-hybridized carbons (Fsp3) is 0.800. The predicted molar refractivity (Wildman–Crippen MR) is 83.2 cm³/mol. The maximum Gasteiger partial charge on any atom is 0.0968 e. The van der Waals surface area contributed by atoms with E-state index in [1.807, 2.05) is 11.6 Å². The zero-order chi connectivity index (χ0) is 14.1. The maximum atomic E-state index is 10.3. The van der Waals surface area contributed by atoms with Gasteiger partial charge in [0, 0.05) is 6.54 Å². The lowest BCUT2D eigenvalue weighted by molar-refractivity contribution is 0.152. The fourth-order valence-electron chi connectivity index (χ4n) is 2.39. The molecule has 0 aliphatic heterocycles. The lowest BCUT2D eigenvalue weighted by atomic mass is 10.0. The summed E-state index contributed by atoms with van der Waals surface area (Å²) in [5.41, 5.74) is 0.925. The molecule has 19 heavy (non-hydrogen) atoms. The zero-order valence-corrected chi connectivity index (χ0v) is 13.8. The Kier molecular flexibility index (Phi) is 8.38. The molecule has 0 saturated heterocycles.